The summed E-state index contributed by atoms with van der Waals surface area (Å²) in [5, 5.41) is 0. The standard InChI is InChI=1S/C5H11Cl.C5H11N.ClH/c1-2-3-4-5-6;1-4-5-6(2)3;/h2-5H2,1H3;4H,1,5H2,2-3H3;1H. The molecule has 0 rings (SSSR count). The SMILES string of the molecule is C=CCN(C)C.CCCCCCl.Cl. The maximum Gasteiger partial charge on any atom is 0.0223 e. The molecule has 0 saturated heterocycles. The van der Waals surface area contributed by atoms with E-state index in [4.69, 9.17) is 11.6 Å². The molecule has 0 fully saturated rings. The summed E-state index contributed by atoms with van der Waals surface area (Å²) in [6.07, 6.45) is 5.61. The number of unbranched alkanes of at least 4 members (excludes halogenated alkanes) is 2. The van der Waals surface area contributed by atoms with Gasteiger partial charge < -0.3 is 4.90 Å². The van der Waals surface area contributed by atoms with E-state index < -0.39 is 0 Å². The predicted molar refractivity (Wildman–Crippen MR) is 66.2 cm³/mol. The fraction of sp³-hybridized carbons (Fsp3) is 0.800. The zero-order chi connectivity index (χ0) is 9.82. The highest BCUT2D eigenvalue weighted by Crippen LogP contribution is 1.93. The number of rotatable bonds is 5. The molecule has 0 unspecified atom stereocenters. The second-order valence-corrected chi connectivity index (χ2v) is 3.32. The average molecular weight is 228 g/mol. The minimum absolute atomic E-state index is 0. The van der Waals surface area contributed by atoms with E-state index >= 15 is 0 Å². The van der Waals surface area contributed by atoms with Crippen molar-refractivity contribution in [3.63, 3.8) is 0 Å². The lowest BCUT2D eigenvalue weighted by Crippen LogP contribution is -2.09. The molecule has 0 aliphatic rings. The van der Waals surface area contributed by atoms with E-state index in [-0.39, 0.29) is 12.4 Å². The van der Waals surface area contributed by atoms with Crippen LogP contribution in [0.15, 0.2) is 12.7 Å². The maximum absolute atomic E-state index is 5.38. The lowest BCUT2D eigenvalue weighted by atomic mass is 10.3. The van der Waals surface area contributed by atoms with Crippen LogP contribution in [0.2, 0.25) is 0 Å². The molecule has 82 valence electrons. The molecule has 0 aromatic rings. The molecule has 0 aliphatic heterocycles. The summed E-state index contributed by atoms with van der Waals surface area (Å²) < 4.78 is 0. The van der Waals surface area contributed by atoms with Gasteiger partial charge in [0.05, 0.1) is 0 Å². The van der Waals surface area contributed by atoms with Gasteiger partial charge in [-0.2, -0.15) is 0 Å². The topological polar surface area (TPSA) is 3.24 Å². The van der Waals surface area contributed by atoms with Crippen LogP contribution in [0.4, 0.5) is 0 Å². The van der Waals surface area contributed by atoms with Crippen LogP contribution in [-0.4, -0.2) is 31.4 Å². The number of hydrogen-bond acceptors (Lipinski definition) is 1. The van der Waals surface area contributed by atoms with Crippen LogP contribution >= 0.6 is 24.0 Å². The highest BCUT2D eigenvalue weighted by Gasteiger charge is 1.77. The fourth-order valence-electron chi connectivity index (χ4n) is 0.603. The van der Waals surface area contributed by atoms with Gasteiger partial charge in [-0.3, -0.25) is 0 Å². The lowest BCUT2D eigenvalue weighted by molar-refractivity contribution is 0.457. The predicted octanol–water partition coefficient (Wildman–Crippen LogP) is 3.57. The maximum atomic E-state index is 5.38. The van der Waals surface area contributed by atoms with Gasteiger partial charge >= 0.3 is 0 Å². The number of hydrogen-bond donors (Lipinski definition) is 0. The van der Waals surface area contributed by atoms with Crippen molar-refractivity contribution in [3.05, 3.63) is 12.7 Å². The van der Waals surface area contributed by atoms with Crippen molar-refractivity contribution in [2.75, 3.05) is 26.5 Å². The molecule has 0 aromatic heterocycles. The van der Waals surface area contributed by atoms with E-state index in [0.29, 0.717) is 0 Å². The molecular weight excluding hydrogens is 205 g/mol. The van der Waals surface area contributed by atoms with Crippen LogP contribution in [0.5, 0.6) is 0 Å². The van der Waals surface area contributed by atoms with Crippen molar-refractivity contribution in [1.29, 1.82) is 0 Å². The highest BCUT2D eigenvalue weighted by atomic mass is 35.5. The van der Waals surface area contributed by atoms with Crippen LogP contribution in [0.1, 0.15) is 26.2 Å². The number of halogens is 2. The van der Waals surface area contributed by atoms with E-state index in [9.17, 15) is 0 Å². The summed E-state index contributed by atoms with van der Waals surface area (Å²) in [5.41, 5.74) is 0. The summed E-state index contributed by atoms with van der Waals surface area (Å²) in [5.74, 6) is 0.827. The molecule has 0 spiro atoms. The lowest BCUT2D eigenvalue weighted by Gasteiger charge is -2.01. The van der Waals surface area contributed by atoms with Crippen LogP contribution in [-0.2, 0) is 0 Å². The highest BCUT2D eigenvalue weighted by molar-refractivity contribution is 6.17. The van der Waals surface area contributed by atoms with Crippen LogP contribution < -0.4 is 0 Å². The second-order valence-electron chi connectivity index (χ2n) is 2.95. The van der Waals surface area contributed by atoms with Gasteiger partial charge in [0, 0.05) is 12.4 Å². The Morgan fingerprint density at radius 1 is 1.31 bits per heavy atom. The van der Waals surface area contributed by atoms with Crippen molar-refractivity contribution in [1.82, 2.24) is 4.90 Å². The van der Waals surface area contributed by atoms with E-state index in [1.807, 2.05) is 20.2 Å². The third-order valence-corrected chi connectivity index (χ3v) is 1.50. The molecule has 13 heavy (non-hydrogen) atoms. The fourth-order valence-corrected chi connectivity index (χ4v) is 0.792. The number of alkyl halides is 1. The summed E-state index contributed by atoms with van der Waals surface area (Å²) in [6.45, 7) is 6.70. The van der Waals surface area contributed by atoms with Gasteiger partial charge in [-0.15, -0.1) is 30.6 Å². The Morgan fingerprint density at radius 3 is 1.92 bits per heavy atom. The quantitative estimate of drug-likeness (QED) is 0.395. The Morgan fingerprint density at radius 2 is 1.85 bits per heavy atom. The van der Waals surface area contributed by atoms with Crippen LogP contribution in [0, 0.1) is 0 Å². The molecule has 0 heterocycles. The van der Waals surface area contributed by atoms with E-state index in [2.05, 4.69) is 18.4 Å². The molecule has 1 nitrogen and oxygen atoms in total. The molecule has 0 saturated carbocycles. The molecule has 0 N–H and O–H groups in total. The molecule has 0 amide bonds. The minimum Gasteiger partial charge on any atom is -0.306 e. The Bertz CT molecular complexity index is 81.0. The molecule has 0 bridgehead atoms. The van der Waals surface area contributed by atoms with Gasteiger partial charge in [0.2, 0.25) is 0 Å². The van der Waals surface area contributed by atoms with Gasteiger partial charge in [0.1, 0.15) is 0 Å². The summed E-state index contributed by atoms with van der Waals surface area (Å²) in [7, 11) is 4.03. The van der Waals surface area contributed by atoms with Crippen molar-refractivity contribution >= 4 is 24.0 Å². The molecule has 0 radical (unpaired) electrons. The van der Waals surface area contributed by atoms with E-state index in [1.54, 1.807) is 0 Å². The van der Waals surface area contributed by atoms with Gasteiger partial charge in [-0.1, -0.05) is 25.8 Å². The van der Waals surface area contributed by atoms with Gasteiger partial charge in [0.15, 0.2) is 0 Å². The monoisotopic (exact) mass is 227 g/mol. The average Bonchev–Trinajstić information content (AvgIpc) is 2.02. The summed E-state index contributed by atoms with van der Waals surface area (Å²) in [6, 6.07) is 0. The third-order valence-electron chi connectivity index (χ3n) is 1.23. The van der Waals surface area contributed by atoms with E-state index in [1.165, 1.54) is 19.3 Å². The van der Waals surface area contributed by atoms with E-state index in [0.717, 1.165) is 12.4 Å². The molecular formula is C10H23Cl2N. The Kier molecular flexibility index (Phi) is 26.4. The Hall–Kier alpha value is 0.280. The summed E-state index contributed by atoms with van der Waals surface area (Å²) in [4.78, 5) is 2.06. The number of likely N-dealkylation sites (N-methyl/N-ethyl adjacent to an activating group) is 1. The van der Waals surface area contributed by atoms with Crippen LogP contribution in [0.3, 0.4) is 0 Å². The van der Waals surface area contributed by atoms with Crippen molar-refractivity contribution in [2.24, 2.45) is 0 Å². The molecule has 0 aromatic carbocycles. The normalized spacial score (nSPS) is 8.38. The zero-order valence-electron chi connectivity index (χ0n) is 9.05. The smallest absolute Gasteiger partial charge is 0.0223 e. The minimum atomic E-state index is 0. The second kappa shape index (κ2) is 18.1. The van der Waals surface area contributed by atoms with Gasteiger partial charge in [-0.05, 0) is 20.5 Å². The first-order chi connectivity index (χ1) is 5.68. The summed E-state index contributed by atoms with van der Waals surface area (Å²) >= 11 is 5.38. The first-order valence-electron chi connectivity index (χ1n) is 4.50. The first-order valence-corrected chi connectivity index (χ1v) is 5.04. The Labute approximate surface area is 94.6 Å². The zero-order valence-corrected chi connectivity index (χ0v) is 10.6. The molecule has 3 heteroatoms. The third kappa shape index (κ3) is 32.9. The Balaban J connectivity index is -0.000000143. The number of nitrogens with zero attached hydrogens (tertiary/aromatic N) is 1. The van der Waals surface area contributed by atoms with Crippen LogP contribution in [0.25, 0.3) is 0 Å². The molecule has 0 atom stereocenters. The van der Waals surface area contributed by atoms with Gasteiger partial charge in [0.25, 0.3) is 0 Å². The largest absolute Gasteiger partial charge is 0.306 e. The van der Waals surface area contributed by atoms with Crippen molar-refractivity contribution in [2.45, 2.75) is 26.2 Å². The molecule has 0 aliphatic carbocycles. The van der Waals surface area contributed by atoms with Crippen molar-refractivity contribution < 1.29 is 0 Å². The first kappa shape index (κ1) is 18.9. The van der Waals surface area contributed by atoms with Gasteiger partial charge in [-0.25, -0.2) is 0 Å². The van der Waals surface area contributed by atoms with Crippen molar-refractivity contribution in [3.8, 4) is 0 Å².